The standard InChI is InChI=1S/C19H23ClN4O5S/c1-21-30(26,27)18-8-11(4-6-17(18)29-3)14-10-15(24-23-14)19(25)22-12-5-7-16(28-2)13(20)9-12/h4-9,14-15,21,23-24H,10H2,1-3H3,(H,22,25). The largest absolute Gasteiger partial charge is 0.495 e. The van der Waals surface area contributed by atoms with Gasteiger partial charge in [0.05, 0.1) is 19.2 Å². The fraction of sp³-hybridized carbons (Fsp3) is 0.316. The molecule has 2 aromatic rings. The monoisotopic (exact) mass is 454 g/mol. The zero-order chi connectivity index (χ0) is 21.9. The molecule has 2 unspecified atom stereocenters. The molecule has 0 saturated carbocycles. The average Bonchev–Trinajstić information content (AvgIpc) is 3.24. The summed E-state index contributed by atoms with van der Waals surface area (Å²) in [7, 11) is 0.559. The van der Waals surface area contributed by atoms with Crippen molar-refractivity contribution in [2.75, 3.05) is 26.6 Å². The lowest BCUT2D eigenvalue weighted by Crippen LogP contribution is -2.39. The van der Waals surface area contributed by atoms with E-state index in [0.29, 0.717) is 28.4 Å². The lowest BCUT2D eigenvalue weighted by atomic mass is 10.0. The highest BCUT2D eigenvalue weighted by molar-refractivity contribution is 7.89. The number of halogens is 1. The second-order valence-electron chi connectivity index (χ2n) is 6.59. The van der Waals surface area contributed by atoms with Crippen molar-refractivity contribution in [3.05, 3.63) is 47.0 Å². The lowest BCUT2D eigenvalue weighted by Gasteiger charge is -2.14. The molecule has 1 saturated heterocycles. The maximum Gasteiger partial charge on any atom is 0.244 e. The van der Waals surface area contributed by atoms with E-state index in [0.717, 1.165) is 0 Å². The van der Waals surface area contributed by atoms with E-state index in [1.165, 1.54) is 27.3 Å². The summed E-state index contributed by atoms with van der Waals surface area (Å²) in [6, 6.07) is 9.07. The van der Waals surface area contributed by atoms with E-state index >= 15 is 0 Å². The summed E-state index contributed by atoms with van der Waals surface area (Å²) < 4.78 is 37.1. The number of anilines is 1. The van der Waals surface area contributed by atoms with E-state index < -0.39 is 16.1 Å². The van der Waals surface area contributed by atoms with Gasteiger partial charge in [-0.15, -0.1) is 0 Å². The summed E-state index contributed by atoms with van der Waals surface area (Å²) in [5, 5.41) is 3.19. The van der Waals surface area contributed by atoms with E-state index in [2.05, 4.69) is 20.9 Å². The number of hydrogen-bond donors (Lipinski definition) is 4. The van der Waals surface area contributed by atoms with Crippen molar-refractivity contribution in [3.8, 4) is 11.5 Å². The van der Waals surface area contributed by atoms with Crippen LogP contribution in [0.2, 0.25) is 5.02 Å². The van der Waals surface area contributed by atoms with Crippen LogP contribution in [0.5, 0.6) is 11.5 Å². The molecule has 0 aromatic heterocycles. The molecule has 1 aliphatic heterocycles. The summed E-state index contributed by atoms with van der Waals surface area (Å²) in [6.07, 6.45) is 0.418. The van der Waals surface area contributed by atoms with Crippen molar-refractivity contribution in [2.24, 2.45) is 0 Å². The number of ether oxygens (including phenoxy) is 2. The Morgan fingerprint density at radius 1 is 1.10 bits per heavy atom. The number of carbonyl (C=O) groups excluding carboxylic acids is 1. The Morgan fingerprint density at radius 3 is 2.43 bits per heavy atom. The van der Waals surface area contributed by atoms with Gasteiger partial charge in [0.2, 0.25) is 15.9 Å². The number of hydrazine groups is 1. The molecule has 3 rings (SSSR count). The molecule has 0 bridgehead atoms. The number of nitrogens with one attached hydrogen (secondary N) is 4. The third-order valence-corrected chi connectivity index (χ3v) is 6.52. The smallest absolute Gasteiger partial charge is 0.244 e. The predicted octanol–water partition coefficient (Wildman–Crippen LogP) is 1.81. The average molecular weight is 455 g/mol. The predicted molar refractivity (Wildman–Crippen MR) is 113 cm³/mol. The molecule has 1 aliphatic rings. The SMILES string of the molecule is CNS(=O)(=O)c1cc(C2CC(C(=O)Nc3ccc(OC)c(Cl)c3)NN2)ccc1OC. The Kier molecular flexibility index (Phi) is 6.84. The zero-order valence-corrected chi connectivity index (χ0v) is 18.2. The van der Waals surface area contributed by atoms with Gasteiger partial charge in [-0.3, -0.25) is 4.79 Å². The highest BCUT2D eigenvalue weighted by Crippen LogP contribution is 2.31. The molecule has 11 heteroatoms. The number of carbonyl (C=O) groups is 1. The van der Waals surface area contributed by atoms with Crippen LogP contribution in [0.15, 0.2) is 41.3 Å². The molecule has 0 radical (unpaired) electrons. The van der Waals surface area contributed by atoms with Crippen LogP contribution in [-0.4, -0.2) is 41.6 Å². The molecule has 0 aliphatic carbocycles. The van der Waals surface area contributed by atoms with Gasteiger partial charge in [-0.2, -0.15) is 0 Å². The van der Waals surface area contributed by atoms with Crippen molar-refractivity contribution in [3.63, 3.8) is 0 Å². The topological polar surface area (TPSA) is 118 Å². The molecule has 30 heavy (non-hydrogen) atoms. The number of methoxy groups -OCH3 is 2. The van der Waals surface area contributed by atoms with E-state index in [1.54, 1.807) is 30.3 Å². The Balaban J connectivity index is 1.73. The molecule has 162 valence electrons. The highest BCUT2D eigenvalue weighted by atomic mass is 35.5. The quantitative estimate of drug-likeness (QED) is 0.504. The minimum Gasteiger partial charge on any atom is -0.495 e. The summed E-state index contributed by atoms with van der Waals surface area (Å²) >= 11 is 6.10. The highest BCUT2D eigenvalue weighted by Gasteiger charge is 2.31. The second-order valence-corrected chi connectivity index (χ2v) is 8.85. The molecule has 4 N–H and O–H groups in total. The van der Waals surface area contributed by atoms with Gasteiger partial charge >= 0.3 is 0 Å². The first-order chi connectivity index (χ1) is 14.3. The minimum atomic E-state index is -3.70. The van der Waals surface area contributed by atoms with Crippen molar-refractivity contribution < 1.29 is 22.7 Å². The minimum absolute atomic E-state index is 0.0348. The van der Waals surface area contributed by atoms with Gasteiger partial charge in [0, 0.05) is 11.7 Å². The normalized spacial score (nSPS) is 18.8. The molecule has 9 nitrogen and oxygen atoms in total. The van der Waals surface area contributed by atoms with Crippen LogP contribution in [0.3, 0.4) is 0 Å². The maximum absolute atomic E-state index is 12.6. The van der Waals surface area contributed by atoms with E-state index in [9.17, 15) is 13.2 Å². The molecular weight excluding hydrogens is 432 g/mol. The third kappa shape index (κ3) is 4.68. The number of sulfonamides is 1. The molecule has 1 heterocycles. The Labute approximate surface area is 180 Å². The Hall–Kier alpha value is -2.37. The number of hydrogen-bond acceptors (Lipinski definition) is 7. The zero-order valence-electron chi connectivity index (χ0n) is 16.7. The first-order valence-electron chi connectivity index (χ1n) is 9.06. The van der Waals surface area contributed by atoms with Crippen LogP contribution in [-0.2, 0) is 14.8 Å². The van der Waals surface area contributed by atoms with Gasteiger partial charge in [0.25, 0.3) is 0 Å². The van der Waals surface area contributed by atoms with Gasteiger partial charge in [-0.25, -0.2) is 24.0 Å². The number of benzene rings is 2. The maximum atomic E-state index is 12.6. The molecule has 1 amide bonds. The van der Waals surface area contributed by atoms with Crippen molar-refractivity contribution in [2.45, 2.75) is 23.4 Å². The second kappa shape index (κ2) is 9.19. The van der Waals surface area contributed by atoms with Gasteiger partial charge in [-0.05, 0) is 49.4 Å². The first kappa shape index (κ1) is 22.3. The number of amides is 1. The molecule has 0 spiro atoms. The van der Waals surface area contributed by atoms with E-state index in [4.69, 9.17) is 21.1 Å². The molecular formula is C19H23ClN4O5S. The third-order valence-electron chi connectivity index (χ3n) is 4.79. The van der Waals surface area contributed by atoms with Crippen molar-refractivity contribution in [1.29, 1.82) is 0 Å². The Bertz CT molecular complexity index is 1050. The summed E-state index contributed by atoms with van der Waals surface area (Å²) in [5.41, 5.74) is 7.24. The first-order valence-corrected chi connectivity index (χ1v) is 10.9. The summed E-state index contributed by atoms with van der Waals surface area (Å²) in [5.74, 6) is 0.509. The van der Waals surface area contributed by atoms with Crippen LogP contribution in [0.4, 0.5) is 5.69 Å². The van der Waals surface area contributed by atoms with Gasteiger partial charge in [0.15, 0.2) is 0 Å². The molecule has 2 atom stereocenters. The van der Waals surface area contributed by atoms with Crippen LogP contribution in [0.25, 0.3) is 0 Å². The summed E-state index contributed by atoms with van der Waals surface area (Å²) in [6.45, 7) is 0. The van der Waals surface area contributed by atoms with Gasteiger partial charge < -0.3 is 14.8 Å². The molecule has 2 aromatic carbocycles. The van der Waals surface area contributed by atoms with Gasteiger partial charge in [-0.1, -0.05) is 17.7 Å². The van der Waals surface area contributed by atoms with Gasteiger partial charge in [0.1, 0.15) is 22.4 Å². The number of rotatable bonds is 7. The fourth-order valence-electron chi connectivity index (χ4n) is 3.15. The molecule has 1 fully saturated rings. The Morgan fingerprint density at radius 2 is 1.80 bits per heavy atom. The fourth-order valence-corrected chi connectivity index (χ4v) is 4.34. The van der Waals surface area contributed by atoms with E-state index in [1.807, 2.05) is 0 Å². The summed E-state index contributed by atoms with van der Waals surface area (Å²) in [4.78, 5) is 12.7. The van der Waals surface area contributed by atoms with Crippen LogP contribution >= 0.6 is 11.6 Å². The van der Waals surface area contributed by atoms with Crippen LogP contribution in [0, 0.1) is 0 Å². The van der Waals surface area contributed by atoms with Crippen LogP contribution in [0.1, 0.15) is 18.0 Å². The van der Waals surface area contributed by atoms with E-state index in [-0.39, 0.29) is 22.6 Å². The lowest BCUT2D eigenvalue weighted by molar-refractivity contribution is -0.117. The van der Waals surface area contributed by atoms with Crippen molar-refractivity contribution >= 4 is 33.2 Å². The van der Waals surface area contributed by atoms with Crippen LogP contribution < -0.4 is 30.4 Å². The van der Waals surface area contributed by atoms with Crippen molar-refractivity contribution in [1.82, 2.24) is 15.6 Å².